The molecule has 0 unspecified atom stereocenters. The van der Waals surface area contributed by atoms with Crippen LogP contribution >= 0.6 is 0 Å². The lowest BCUT2D eigenvalue weighted by Crippen LogP contribution is -2.50. The molecule has 0 aliphatic carbocycles. The Hall–Kier alpha value is -1.86. The third-order valence-corrected chi connectivity index (χ3v) is 3.26. The van der Waals surface area contributed by atoms with Crippen molar-refractivity contribution in [2.24, 2.45) is 5.41 Å². The van der Waals surface area contributed by atoms with E-state index in [9.17, 15) is 4.79 Å². The predicted octanol–water partition coefficient (Wildman–Crippen LogP) is 2.09. The van der Waals surface area contributed by atoms with E-state index in [1.807, 2.05) is 39.0 Å². The molecule has 1 aromatic carbocycles. The van der Waals surface area contributed by atoms with E-state index in [4.69, 9.17) is 10.00 Å². The second kappa shape index (κ2) is 4.43. The first kappa shape index (κ1) is 12.6. The highest BCUT2D eigenvalue weighted by Gasteiger charge is 2.46. The quantitative estimate of drug-likeness (QED) is 0.866. The average molecular weight is 244 g/mol. The first-order valence-electron chi connectivity index (χ1n) is 5.87. The largest absolute Gasteiger partial charge is 0.377 e. The Morgan fingerprint density at radius 3 is 2.28 bits per heavy atom. The Bertz CT molecular complexity index is 516. The molecule has 1 amide bonds. The summed E-state index contributed by atoms with van der Waals surface area (Å²) in [7, 11) is 0. The van der Waals surface area contributed by atoms with Crippen LogP contribution in [-0.4, -0.2) is 19.1 Å². The maximum absolute atomic E-state index is 12.1. The Morgan fingerprint density at radius 2 is 1.89 bits per heavy atom. The average Bonchev–Trinajstić information content (AvgIpc) is 2.22. The number of benzene rings is 1. The summed E-state index contributed by atoms with van der Waals surface area (Å²) in [5.41, 5.74) is 2.96. The van der Waals surface area contributed by atoms with Crippen LogP contribution in [0.2, 0.25) is 0 Å². The number of hydrogen-bond acceptors (Lipinski definition) is 3. The molecule has 4 heteroatoms. The monoisotopic (exact) mass is 244 g/mol. The van der Waals surface area contributed by atoms with E-state index in [1.54, 1.807) is 0 Å². The number of anilines is 1. The smallest absolute Gasteiger partial charge is 0.249 e. The van der Waals surface area contributed by atoms with Gasteiger partial charge in [-0.1, -0.05) is 17.7 Å². The molecule has 0 bridgehead atoms. The number of ether oxygens (including phenoxy) is 1. The number of carbonyl (C=O) groups excluding carboxylic acids is 1. The van der Waals surface area contributed by atoms with Gasteiger partial charge in [-0.25, -0.2) is 0 Å². The first-order valence-corrected chi connectivity index (χ1v) is 5.87. The minimum absolute atomic E-state index is 0.180. The van der Waals surface area contributed by atoms with Gasteiger partial charge in [0.2, 0.25) is 5.91 Å². The molecule has 0 aromatic heterocycles. The summed E-state index contributed by atoms with van der Waals surface area (Å²) in [6.45, 7) is 6.28. The van der Waals surface area contributed by atoms with Gasteiger partial charge in [0.1, 0.15) is 0 Å². The highest BCUT2D eigenvalue weighted by atomic mass is 16.5. The summed E-state index contributed by atoms with van der Waals surface area (Å²) >= 11 is 0. The maximum Gasteiger partial charge on any atom is 0.249 e. The molecule has 1 aromatic rings. The van der Waals surface area contributed by atoms with E-state index in [2.05, 4.69) is 5.32 Å². The number of hydrogen-bond donors (Lipinski definition) is 1. The lowest BCUT2D eigenvalue weighted by Gasteiger charge is -2.33. The van der Waals surface area contributed by atoms with Gasteiger partial charge >= 0.3 is 0 Å². The zero-order chi connectivity index (χ0) is 13.3. The molecule has 1 N–H and O–H groups in total. The van der Waals surface area contributed by atoms with Crippen molar-refractivity contribution in [1.82, 2.24) is 0 Å². The van der Waals surface area contributed by atoms with Crippen molar-refractivity contribution >= 4 is 11.6 Å². The van der Waals surface area contributed by atoms with Crippen LogP contribution in [0.15, 0.2) is 12.1 Å². The lowest BCUT2D eigenvalue weighted by atomic mass is 9.86. The molecule has 1 fully saturated rings. The van der Waals surface area contributed by atoms with Gasteiger partial charge in [0, 0.05) is 5.69 Å². The normalized spacial score (nSPS) is 16.6. The van der Waals surface area contributed by atoms with Gasteiger partial charge in [-0.3, -0.25) is 4.79 Å². The highest BCUT2D eigenvalue weighted by Crippen LogP contribution is 2.30. The van der Waals surface area contributed by atoms with Crippen molar-refractivity contribution in [2.75, 3.05) is 18.5 Å². The van der Waals surface area contributed by atoms with Gasteiger partial charge in [0.25, 0.3) is 0 Å². The van der Waals surface area contributed by atoms with Gasteiger partial charge in [-0.2, -0.15) is 5.26 Å². The summed E-state index contributed by atoms with van der Waals surface area (Å²) in [5, 5.41) is 11.9. The molecule has 1 saturated heterocycles. The fourth-order valence-electron chi connectivity index (χ4n) is 2.16. The molecule has 1 aliphatic rings. The van der Waals surface area contributed by atoms with Crippen LogP contribution in [0.5, 0.6) is 0 Å². The van der Waals surface area contributed by atoms with Gasteiger partial charge in [0.15, 0.2) is 5.41 Å². The fraction of sp³-hybridized carbons (Fsp3) is 0.429. The van der Waals surface area contributed by atoms with Gasteiger partial charge in [-0.15, -0.1) is 0 Å². The van der Waals surface area contributed by atoms with E-state index in [0.717, 1.165) is 22.4 Å². The minimum Gasteiger partial charge on any atom is -0.377 e. The summed E-state index contributed by atoms with van der Waals surface area (Å²) in [5.74, 6) is -0.272. The molecule has 94 valence electrons. The zero-order valence-electron chi connectivity index (χ0n) is 10.8. The standard InChI is InChI=1S/C14H16N2O2/c1-9-4-10(2)12(11(3)5-9)16-13(17)14(6-15)7-18-8-14/h4-5H,7-8H2,1-3H3,(H,16,17). The van der Waals surface area contributed by atoms with Crippen LogP contribution in [0, 0.1) is 37.5 Å². The molecule has 18 heavy (non-hydrogen) atoms. The summed E-state index contributed by atoms with van der Waals surface area (Å²) in [6, 6.07) is 6.07. The number of carbonyl (C=O) groups is 1. The number of rotatable bonds is 2. The number of nitrogens with zero attached hydrogens (tertiary/aromatic N) is 1. The van der Waals surface area contributed by atoms with Crippen molar-refractivity contribution in [2.45, 2.75) is 20.8 Å². The lowest BCUT2D eigenvalue weighted by molar-refractivity contribution is -0.144. The number of aryl methyl sites for hydroxylation is 3. The summed E-state index contributed by atoms with van der Waals surface area (Å²) < 4.78 is 4.98. The fourth-order valence-corrected chi connectivity index (χ4v) is 2.16. The van der Waals surface area contributed by atoms with Crippen molar-refractivity contribution < 1.29 is 9.53 Å². The molecular formula is C14H16N2O2. The second-order valence-corrected chi connectivity index (χ2v) is 4.91. The third kappa shape index (κ3) is 1.98. The van der Waals surface area contributed by atoms with Crippen LogP contribution in [0.4, 0.5) is 5.69 Å². The van der Waals surface area contributed by atoms with Gasteiger partial charge < -0.3 is 10.1 Å². The topological polar surface area (TPSA) is 62.1 Å². The van der Waals surface area contributed by atoms with Gasteiger partial charge in [0.05, 0.1) is 19.3 Å². The molecule has 4 nitrogen and oxygen atoms in total. The minimum atomic E-state index is -1.01. The Balaban J connectivity index is 2.25. The zero-order valence-corrected chi connectivity index (χ0v) is 10.8. The molecule has 2 rings (SSSR count). The van der Waals surface area contributed by atoms with Crippen LogP contribution in [-0.2, 0) is 9.53 Å². The summed E-state index contributed by atoms with van der Waals surface area (Å²) in [6.07, 6.45) is 0. The maximum atomic E-state index is 12.1. The van der Waals surface area contributed by atoms with Crippen LogP contribution < -0.4 is 5.32 Å². The summed E-state index contributed by atoms with van der Waals surface area (Å²) in [4.78, 5) is 12.1. The van der Waals surface area contributed by atoms with E-state index < -0.39 is 5.41 Å². The van der Waals surface area contributed by atoms with Crippen molar-refractivity contribution in [3.63, 3.8) is 0 Å². The molecule has 0 atom stereocenters. The molecule has 0 spiro atoms. The van der Waals surface area contributed by atoms with Crippen molar-refractivity contribution in [3.8, 4) is 6.07 Å². The van der Waals surface area contributed by atoms with E-state index >= 15 is 0 Å². The van der Waals surface area contributed by atoms with Gasteiger partial charge in [-0.05, 0) is 31.9 Å². The highest BCUT2D eigenvalue weighted by molar-refractivity contribution is 5.99. The van der Waals surface area contributed by atoms with E-state index in [0.29, 0.717) is 0 Å². The molecule has 1 heterocycles. The Morgan fingerprint density at radius 1 is 1.33 bits per heavy atom. The van der Waals surface area contributed by atoms with Crippen molar-refractivity contribution in [1.29, 1.82) is 5.26 Å². The Labute approximate surface area is 107 Å². The van der Waals surface area contributed by atoms with E-state index in [1.165, 1.54) is 0 Å². The molecule has 0 saturated carbocycles. The van der Waals surface area contributed by atoms with Crippen molar-refractivity contribution in [3.05, 3.63) is 28.8 Å². The van der Waals surface area contributed by atoms with E-state index in [-0.39, 0.29) is 19.1 Å². The molecule has 0 radical (unpaired) electrons. The number of nitrogens with one attached hydrogen (secondary N) is 1. The van der Waals surface area contributed by atoms with Crippen LogP contribution in [0.3, 0.4) is 0 Å². The van der Waals surface area contributed by atoms with Crippen LogP contribution in [0.25, 0.3) is 0 Å². The SMILES string of the molecule is Cc1cc(C)c(NC(=O)C2(C#N)COC2)c(C)c1. The number of amides is 1. The first-order chi connectivity index (χ1) is 8.48. The second-order valence-electron chi connectivity index (χ2n) is 4.91. The molecular weight excluding hydrogens is 228 g/mol. The van der Waals surface area contributed by atoms with Crippen LogP contribution in [0.1, 0.15) is 16.7 Å². The molecule has 1 aliphatic heterocycles. The predicted molar refractivity (Wildman–Crippen MR) is 68.1 cm³/mol. The number of nitriles is 1. The third-order valence-electron chi connectivity index (χ3n) is 3.26. The Kier molecular flexibility index (Phi) is 3.10.